The van der Waals surface area contributed by atoms with Crippen LogP contribution in [0, 0.1) is 6.92 Å². The molecule has 0 unspecified atom stereocenters. The Balaban J connectivity index is 2.15. The lowest BCUT2D eigenvalue weighted by Crippen LogP contribution is -2.10. The maximum Gasteiger partial charge on any atom is 0.291 e. The van der Waals surface area contributed by atoms with Crippen molar-refractivity contribution in [2.45, 2.75) is 6.92 Å². The minimum absolute atomic E-state index is 0.272. The highest BCUT2D eigenvalue weighted by atomic mass is 35.5. The fraction of sp³-hybridized carbons (Fsp3) is 0.0833. The molecule has 2 rings (SSSR count). The maximum absolute atomic E-state index is 11.6. The van der Waals surface area contributed by atoms with E-state index in [0.717, 1.165) is 5.56 Å². The van der Waals surface area contributed by atoms with Crippen molar-refractivity contribution in [2.75, 3.05) is 5.32 Å². The first kappa shape index (κ1) is 10.8. The van der Waals surface area contributed by atoms with Crippen LogP contribution in [0.3, 0.4) is 0 Å². The Hall–Kier alpha value is -1.74. The van der Waals surface area contributed by atoms with Crippen LogP contribution in [0.15, 0.2) is 41.0 Å². The topological polar surface area (TPSA) is 42.2 Å². The molecule has 0 aliphatic heterocycles. The van der Waals surface area contributed by atoms with Gasteiger partial charge in [0.15, 0.2) is 5.76 Å². The van der Waals surface area contributed by atoms with Gasteiger partial charge in [0.25, 0.3) is 5.91 Å². The van der Waals surface area contributed by atoms with Gasteiger partial charge in [0.05, 0.1) is 6.26 Å². The highest BCUT2D eigenvalue weighted by Crippen LogP contribution is 2.19. The fourth-order valence-electron chi connectivity index (χ4n) is 1.32. The Morgan fingerprint density at radius 1 is 1.38 bits per heavy atom. The van der Waals surface area contributed by atoms with E-state index < -0.39 is 0 Å². The van der Waals surface area contributed by atoms with E-state index in [0.29, 0.717) is 10.7 Å². The first-order valence-corrected chi connectivity index (χ1v) is 5.15. The average molecular weight is 236 g/mol. The van der Waals surface area contributed by atoms with Gasteiger partial charge in [-0.2, -0.15) is 0 Å². The van der Waals surface area contributed by atoms with E-state index in [2.05, 4.69) is 5.32 Å². The zero-order valence-corrected chi connectivity index (χ0v) is 9.41. The molecule has 0 spiro atoms. The zero-order valence-electron chi connectivity index (χ0n) is 8.66. The van der Waals surface area contributed by atoms with Crippen LogP contribution in [0.25, 0.3) is 0 Å². The third-order valence-corrected chi connectivity index (χ3v) is 2.58. The van der Waals surface area contributed by atoms with Gasteiger partial charge in [0, 0.05) is 10.7 Å². The van der Waals surface area contributed by atoms with Gasteiger partial charge < -0.3 is 9.73 Å². The summed E-state index contributed by atoms with van der Waals surface area (Å²) in [6.45, 7) is 1.88. The van der Waals surface area contributed by atoms with Gasteiger partial charge in [-0.25, -0.2) is 0 Å². The van der Waals surface area contributed by atoms with Crippen LogP contribution >= 0.6 is 11.6 Å². The number of furan rings is 1. The lowest BCUT2D eigenvalue weighted by Gasteiger charge is -2.05. The number of halogens is 1. The number of rotatable bonds is 2. The molecule has 0 bridgehead atoms. The van der Waals surface area contributed by atoms with Crippen molar-refractivity contribution < 1.29 is 9.21 Å². The van der Waals surface area contributed by atoms with Crippen molar-refractivity contribution in [1.29, 1.82) is 0 Å². The van der Waals surface area contributed by atoms with E-state index in [1.54, 1.807) is 24.3 Å². The van der Waals surface area contributed by atoms with Crippen LogP contribution in [0.2, 0.25) is 5.02 Å². The van der Waals surface area contributed by atoms with Crippen LogP contribution < -0.4 is 5.32 Å². The van der Waals surface area contributed by atoms with Gasteiger partial charge in [-0.05, 0) is 42.8 Å². The quantitative estimate of drug-likeness (QED) is 0.866. The molecule has 1 heterocycles. The van der Waals surface area contributed by atoms with Gasteiger partial charge in [-0.1, -0.05) is 11.6 Å². The summed E-state index contributed by atoms with van der Waals surface area (Å²) in [5.41, 5.74) is 1.61. The number of carbonyl (C=O) groups is 1. The molecule has 1 N–H and O–H groups in total. The molecule has 1 amide bonds. The smallest absolute Gasteiger partial charge is 0.291 e. The first-order chi connectivity index (χ1) is 7.66. The van der Waals surface area contributed by atoms with Crippen molar-refractivity contribution in [3.63, 3.8) is 0 Å². The minimum Gasteiger partial charge on any atom is -0.459 e. The zero-order chi connectivity index (χ0) is 11.5. The van der Waals surface area contributed by atoms with Crippen molar-refractivity contribution in [3.05, 3.63) is 52.9 Å². The molecule has 0 saturated carbocycles. The van der Waals surface area contributed by atoms with E-state index in [-0.39, 0.29) is 11.7 Å². The largest absolute Gasteiger partial charge is 0.459 e. The van der Waals surface area contributed by atoms with E-state index in [9.17, 15) is 4.79 Å². The van der Waals surface area contributed by atoms with E-state index in [1.807, 2.05) is 13.0 Å². The molecule has 1 aromatic heterocycles. The molecule has 0 atom stereocenters. The van der Waals surface area contributed by atoms with Crippen LogP contribution in [0.1, 0.15) is 16.1 Å². The standard InChI is InChI=1S/C12H10ClNO2/c1-8-7-9(4-5-10(8)13)14-12(15)11-3-2-6-16-11/h2-7H,1H3,(H,14,15). The van der Waals surface area contributed by atoms with E-state index in [4.69, 9.17) is 16.0 Å². The Labute approximate surface area is 98.0 Å². The number of anilines is 1. The summed E-state index contributed by atoms with van der Waals surface area (Å²) < 4.78 is 4.98. The highest BCUT2D eigenvalue weighted by molar-refractivity contribution is 6.31. The summed E-state index contributed by atoms with van der Waals surface area (Å²) in [5, 5.41) is 3.40. The molecule has 2 aromatic rings. The van der Waals surface area contributed by atoms with Crippen LogP contribution in [0.4, 0.5) is 5.69 Å². The maximum atomic E-state index is 11.6. The molecular weight excluding hydrogens is 226 g/mol. The second-order valence-corrected chi connectivity index (χ2v) is 3.80. The molecule has 16 heavy (non-hydrogen) atoms. The summed E-state index contributed by atoms with van der Waals surface area (Å²) >= 11 is 5.89. The lowest BCUT2D eigenvalue weighted by atomic mass is 10.2. The number of hydrogen-bond acceptors (Lipinski definition) is 2. The minimum atomic E-state index is -0.272. The predicted molar refractivity (Wildman–Crippen MR) is 62.9 cm³/mol. The Morgan fingerprint density at radius 3 is 2.81 bits per heavy atom. The van der Waals surface area contributed by atoms with Crippen LogP contribution in [0.5, 0.6) is 0 Å². The second kappa shape index (κ2) is 4.41. The fourth-order valence-corrected chi connectivity index (χ4v) is 1.44. The van der Waals surface area contributed by atoms with Gasteiger partial charge in [-0.3, -0.25) is 4.79 Å². The monoisotopic (exact) mass is 235 g/mol. The summed E-state index contributed by atoms with van der Waals surface area (Å²) in [5.74, 6) is 0.0133. The summed E-state index contributed by atoms with van der Waals surface area (Å²) in [4.78, 5) is 11.6. The van der Waals surface area contributed by atoms with E-state index >= 15 is 0 Å². The normalized spacial score (nSPS) is 10.1. The number of hydrogen-bond donors (Lipinski definition) is 1. The highest BCUT2D eigenvalue weighted by Gasteiger charge is 2.08. The van der Waals surface area contributed by atoms with Crippen molar-refractivity contribution in [2.24, 2.45) is 0 Å². The third kappa shape index (κ3) is 2.25. The second-order valence-electron chi connectivity index (χ2n) is 3.40. The Morgan fingerprint density at radius 2 is 2.19 bits per heavy atom. The summed E-state index contributed by atoms with van der Waals surface area (Å²) in [6, 6.07) is 8.58. The number of benzene rings is 1. The molecule has 0 saturated heterocycles. The predicted octanol–water partition coefficient (Wildman–Crippen LogP) is 3.49. The molecule has 0 radical (unpaired) electrons. The molecular formula is C12H10ClNO2. The van der Waals surface area contributed by atoms with Gasteiger partial charge in [0.2, 0.25) is 0 Å². The SMILES string of the molecule is Cc1cc(NC(=O)c2ccco2)ccc1Cl. The van der Waals surface area contributed by atoms with Crippen molar-refractivity contribution in [3.8, 4) is 0 Å². The van der Waals surface area contributed by atoms with Crippen molar-refractivity contribution >= 4 is 23.2 Å². The van der Waals surface area contributed by atoms with Crippen molar-refractivity contribution in [1.82, 2.24) is 0 Å². The molecule has 0 aliphatic rings. The number of amides is 1. The van der Waals surface area contributed by atoms with Gasteiger partial charge >= 0.3 is 0 Å². The third-order valence-electron chi connectivity index (χ3n) is 2.16. The molecule has 0 fully saturated rings. The summed E-state index contributed by atoms with van der Waals surface area (Å²) in [7, 11) is 0. The average Bonchev–Trinajstić information content (AvgIpc) is 2.77. The molecule has 0 aliphatic carbocycles. The first-order valence-electron chi connectivity index (χ1n) is 4.78. The number of nitrogens with one attached hydrogen (secondary N) is 1. The Bertz CT molecular complexity index is 506. The van der Waals surface area contributed by atoms with Gasteiger partial charge in [0.1, 0.15) is 0 Å². The lowest BCUT2D eigenvalue weighted by molar-refractivity contribution is 0.0996. The van der Waals surface area contributed by atoms with Gasteiger partial charge in [-0.15, -0.1) is 0 Å². The van der Waals surface area contributed by atoms with Crippen LogP contribution in [-0.4, -0.2) is 5.91 Å². The molecule has 1 aromatic carbocycles. The molecule has 82 valence electrons. The van der Waals surface area contributed by atoms with Crippen LogP contribution in [-0.2, 0) is 0 Å². The van der Waals surface area contributed by atoms with E-state index in [1.165, 1.54) is 6.26 Å². The molecule has 3 nitrogen and oxygen atoms in total. The number of carbonyl (C=O) groups excluding carboxylic acids is 1. The Kier molecular flexibility index (Phi) is 2.97. The molecule has 4 heteroatoms. The summed E-state index contributed by atoms with van der Waals surface area (Å²) in [6.07, 6.45) is 1.46. The number of aryl methyl sites for hydroxylation is 1.